The first-order chi connectivity index (χ1) is 7.20. The SMILES string of the molecule is O=C(O)c1ccccc1C1NCCC1=O. The molecule has 4 nitrogen and oxygen atoms in total. The van der Waals surface area contributed by atoms with Gasteiger partial charge in [-0.3, -0.25) is 4.79 Å². The molecule has 2 rings (SSSR count). The van der Waals surface area contributed by atoms with Gasteiger partial charge < -0.3 is 10.4 Å². The largest absolute Gasteiger partial charge is 0.478 e. The Labute approximate surface area is 86.9 Å². The van der Waals surface area contributed by atoms with Crippen molar-refractivity contribution in [2.24, 2.45) is 0 Å². The Balaban J connectivity index is 2.42. The number of hydrogen-bond acceptors (Lipinski definition) is 3. The lowest BCUT2D eigenvalue weighted by Gasteiger charge is -2.11. The molecule has 1 heterocycles. The number of carbonyl (C=O) groups is 2. The van der Waals surface area contributed by atoms with Crippen LogP contribution in [0.4, 0.5) is 0 Å². The molecule has 0 spiro atoms. The zero-order valence-electron chi connectivity index (χ0n) is 8.06. The van der Waals surface area contributed by atoms with Crippen molar-refractivity contribution in [3.63, 3.8) is 0 Å². The van der Waals surface area contributed by atoms with E-state index in [1.54, 1.807) is 18.2 Å². The van der Waals surface area contributed by atoms with Crippen molar-refractivity contribution in [1.82, 2.24) is 5.32 Å². The van der Waals surface area contributed by atoms with E-state index in [2.05, 4.69) is 5.32 Å². The summed E-state index contributed by atoms with van der Waals surface area (Å²) in [6.07, 6.45) is 0.471. The number of carboxylic acids is 1. The summed E-state index contributed by atoms with van der Waals surface area (Å²) in [6.45, 7) is 0.622. The molecule has 1 saturated heterocycles. The Morgan fingerprint density at radius 1 is 1.40 bits per heavy atom. The molecule has 0 radical (unpaired) electrons. The summed E-state index contributed by atoms with van der Waals surface area (Å²) >= 11 is 0. The number of rotatable bonds is 2. The summed E-state index contributed by atoms with van der Waals surface area (Å²) in [5.41, 5.74) is 0.762. The molecule has 1 aromatic rings. The van der Waals surface area contributed by atoms with Crippen LogP contribution >= 0.6 is 0 Å². The second-order valence-electron chi connectivity index (χ2n) is 3.50. The van der Waals surface area contributed by atoms with Crippen molar-refractivity contribution in [3.8, 4) is 0 Å². The van der Waals surface area contributed by atoms with E-state index in [1.165, 1.54) is 6.07 Å². The van der Waals surface area contributed by atoms with Gasteiger partial charge in [0, 0.05) is 13.0 Å². The average molecular weight is 205 g/mol. The summed E-state index contributed by atoms with van der Waals surface area (Å²) < 4.78 is 0. The zero-order chi connectivity index (χ0) is 10.8. The van der Waals surface area contributed by atoms with Gasteiger partial charge in [-0.15, -0.1) is 0 Å². The van der Waals surface area contributed by atoms with E-state index in [-0.39, 0.29) is 11.3 Å². The fourth-order valence-electron chi connectivity index (χ4n) is 1.82. The fourth-order valence-corrected chi connectivity index (χ4v) is 1.82. The molecular formula is C11H11NO3. The van der Waals surface area contributed by atoms with Crippen molar-refractivity contribution in [3.05, 3.63) is 35.4 Å². The third-order valence-electron chi connectivity index (χ3n) is 2.54. The molecule has 1 atom stereocenters. The molecule has 0 bridgehead atoms. The van der Waals surface area contributed by atoms with Crippen LogP contribution in [0.25, 0.3) is 0 Å². The molecule has 1 aromatic carbocycles. The number of aromatic carboxylic acids is 1. The second kappa shape index (κ2) is 3.82. The van der Waals surface area contributed by atoms with Crippen LogP contribution in [0, 0.1) is 0 Å². The van der Waals surface area contributed by atoms with Crippen molar-refractivity contribution < 1.29 is 14.7 Å². The van der Waals surface area contributed by atoms with E-state index in [0.717, 1.165) is 0 Å². The Kier molecular flexibility index (Phi) is 2.51. The maximum atomic E-state index is 11.5. The number of Topliss-reactive ketones (excluding diaryl/α,β-unsaturated/α-hetero) is 1. The van der Waals surface area contributed by atoms with Gasteiger partial charge in [0.15, 0.2) is 5.78 Å². The Morgan fingerprint density at radius 3 is 2.73 bits per heavy atom. The van der Waals surface area contributed by atoms with Crippen LogP contribution in [0.5, 0.6) is 0 Å². The number of nitrogens with one attached hydrogen (secondary N) is 1. The number of carboxylic acid groups (broad SMARTS) is 1. The summed E-state index contributed by atoms with van der Waals surface area (Å²) in [4.78, 5) is 22.4. The number of carbonyl (C=O) groups excluding carboxylic acids is 1. The topological polar surface area (TPSA) is 66.4 Å². The fraction of sp³-hybridized carbons (Fsp3) is 0.273. The van der Waals surface area contributed by atoms with Crippen molar-refractivity contribution in [2.45, 2.75) is 12.5 Å². The molecule has 2 N–H and O–H groups in total. The van der Waals surface area contributed by atoms with E-state index < -0.39 is 12.0 Å². The average Bonchev–Trinajstić information content (AvgIpc) is 2.64. The first-order valence-electron chi connectivity index (χ1n) is 4.78. The van der Waals surface area contributed by atoms with Gasteiger partial charge >= 0.3 is 5.97 Å². The van der Waals surface area contributed by atoms with Gasteiger partial charge in [-0.1, -0.05) is 18.2 Å². The highest BCUT2D eigenvalue weighted by Gasteiger charge is 2.28. The zero-order valence-corrected chi connectivity index (χ0v) is 8.06. The minimum atomic E-state index is -0.993. The molecule has 1 fully saturated rings. The van der Waals surface area contributed by atoms with Crippen LogP contribution < -0.4 is 5.32 Å². The summed E-state index contributed by atoms with van der Waals surface area (Å²) in [5.74, 6) is -0.934. The van der Waals surface area contributed by atoms with Gasteiger partial charge in [0.1, 0.15) is 0 Å². The minimum Gasteiger partial charge on any atom is -0.478 e. The molecule has 1 aliphatic heterocycles. The highest BCUT2D eigenvalue weighted by Crippen LogP contribution is 2.23. The molecular weight excluding hydrogens is 194 g/mol. The molecule has 1 aliphatic rings. The van der Waals surface area contributed by atoms with E-state index >= 15 is 0 Å². The predicted octanol–water partition coefficient (Wildman–Crippen LogP) is 0.988. The minimum absolute atomic E-state index is 0.0590. The van der Waals surface area contributed by atoms with E-state index in [0.29, 0.717) is 18.5 Å². The van der Waals surface area contributed by atoms with Crippen LogP contribution in [-0.4, -0.2) is 23.4 Å². The lowest BCUT2D eigenvalue weighted by molar-refractivity contribution is -0.118. The van der Waals surface area contributed by atoms with Crippen molar-refractivity contribution in [1.29, 1.82) is 0 Å². The standard InChI is InChI=1S/C11H11NO3/c13-9-5-6-12-10(9)7-3-1-2-4-8(7)11(14)15/h1-4,10,12H,5-6H2,(H,14,15). The first kappa shape index (κ1) is 9.86. The Bertz CT molecular complexity index is 414. The predicted molar refractivity (Wildman–Crippen MR) is 53.8 cm³/mol. The first-order valence-corrected chi connectivity index (χ1v) is 4.78. The van der Waals surface area contributed by atoms with Gasteiger partial charge in [-0.05, 0) is 11.6 Å². The van der Waals surface area contributed by atoms with Gasteiger partial charge in [0.25, 0.3) is 0 Å². The summed E-state index contributed by atoms with van der Waals surface area (Å²) in [7, 11) is 0. The molecule has 0 aliphatic carbocycles. The van der Waals surface area contributed by atoms with Crippen LogP contribution in [0.1, 0.15) is 28.4 Å². The summed E-state index contributed by atoms with van der Waals surface area (Å²) in [5, 5.41) is 12.0. The lowest BCUT2D eigenvalue weighted by Crippen LogP contribution is -2.20. The third kappa shape index (κ3) is 1.76. The number of benzene rings is 1. The Morgan fingerprint density at radius 2 is 2.13 bits per heavy atom. The highest BCUT2D eigenvalue weighted by molar-refractivity contribution is 5.94. The molecule has 78 valence electrons. The summed E-state index contributed by atoms with van der Waals surface area (Å²) in [6, 6.07) is 6.16. The van der Waals surface area contributed by atoms with Gasteiger partial charge in [-0.2, -0.15) is 0 Å². The van der Waals surface area contributed by atoms with E-state index in [4.69, 9.17) is 5.11 Å². The number of ketones is 1. The maximum Gasteiger partial charge on any atom is 0.336 e. The second-order valence-corrected chi connectivity index (χ2v) is 3.50. The maximum absolute atomic E-state index is 11.5. The smallest absolute Gasteiger partial charge is 0.336 e. The highest BCUT2D eigenvalue weighted by atomic mass is 16.4. The van der Waals surface area contributed by atoms with Crippen LogP contribution in [0.2, 0.25) is 0 Å². The quantitative estimate of drug-likeness (QED) is 0.755. The normalized spacial score (nSPS) is 20.5. The van der Waals surface area contributed by atoms with Crippen molar-refractivity contribution >= 4 is 11.8 Å². The molecule has 0 aromatic heterocycles. The molecule has 15 heavy (non-hydrogen) atoms. The van der Waals surface area contributed by atoms with Gasteiger partial charge in [0.2, 0.25) is 0 Å². The van der Waals surface area contributed by atoms with Gasteiger partial charge in [0.05, 0.1) is 11.6 Å². The monoisotopic (exact) mass is 205 g/mol. The van der Waals surface area contributed by atoms with Crippen molar-refractivity contribution in [2.75, 3.05) is 6.54 Å². The molecule has 1 unspecified atom stereocenters. The van der Waals surface area contributed by atoms with Crippen LogP contribution in [0.3, 0.4) is 0 Å². The van der Waals surface area contributed by atoms with E-state index in [9.17, 15) is 9.59 Å². The van der Waals surface area contributed by atoms with Gasteiger partial charge in [-0.25, -0.2) is 4.79 Å². The number of hydrogen-bond donors (Lipinski definition) is 2. The van der Waals surface area contributed by atoms with Crippen LogP contribution in [-0.2, 0) is 4.79 Å². The lowest BCUT2D eigenvalue weighted by atomic mass is 9.98. The molecule has 0 amide bonds. The molecule has 4 heteroatoms. The molecule has 0 saturated carbocycles. The van der Waals surface area contributed by atoms with E-state index in [1.807, 2.05) is 0 Å². The Hall–Kier alpha value is -1.68. The van der Waals surface area contributed by atoms with Crippen LogP contribution in [0.15, 0.2) is 24.3 Å². The third-order valence-corrected chi connectivity index (χ3v) is 2.54.